The molecule has 1 nitrogen and oxygen atoms in total. The molecule has 0 bridgehead atoms. The highest BCUT2D eigenvalue weighted by atomic mass is 31.2. The highest BCUT2D eigenvalue weighted by Crippen LogP contribution is 2.57. The Morgan fingerprint density at radius 3 is 2.71 bits per heavy atom. The number of hydrogen-bond donors (Lipinski definition) is 0. The van der Waals surface area contributed by atoms with Gasteiger partial charge in [0.2, 0.25) is 0 Å². The molecule has 0 radical (unpaired) electrons. The van der Waals surface area contributed by atoms with Gasteiger partial charge in [-0.15, -0.1) is 0 Å². The van der Waals surface area contributed by atoms with Crippen LogP contribution in [0.4, 0.5) is 0 Å². The predicted octanol–water partition coefficient (Wildman–Crippen LogP) is 3.69. The van der Waals surface area contributed by atoms with Gasteiger partial charge in [-0.1, -0.05) is 24.3 Å². The molecule has 1 unspecified atom stereocenters. The zero-order chi connectivity index (χ0) is 10.2. The SMILES string of the molecule is CP(C)(=O)C1CCCc2ccccc21. The third kappa shape index (κ3) is 1.79. The summed E-state index contributed by atoms with van der Waals surface area (Å²) in [5.74, 6) is 0. The van der Waals surface area contributed by atoms with Crippen molar-refractivity contribution in [2.45, 2.75) is 24.9 Å². The topological polar surface area (TPSA) is 17.1 Å². The molecular weight excluding hydrogens is 191 g/mol. The average molecular weight is 208 g/mol. The van der Waals surface area contributed by atoms with Crippen LogP contribution in [-0.2, 0) is 11.0 Å². The standard InChI is InChI=1S/C12H17OP/c1-14(2,13)12-9-5-7-10-6-3-4-8-11(10)12/h3-4,6,8,12H,5,7,9H2,1-2H3. The van der Waals surface area contributed by atoms with E-state index in [9.17, 15) is 4.57 Å². The largest absolute Gasteiger partial charge is 0.323 e. The van der Waals surface area contributed by atoms with Crippen molar-refractivity contribution < 1.29 is 4.57 Å². The monoisotopic (exact) mass is 208 g/mol. The lowest BCUT2D eigenvalue weighted by molar-refractivity contribution is 0.558. The summed E-state index contributed by atoms with van der Waals surface area (Å²) in [4.78, 5) is 0. The molecule has 0 N–H and O–H groups in total. The second kappa shape index (κ2) is 3.55. The smallest absolute Gasteiger partial charge is 0.0890 e. The van der Waals surface area contributed by atoms with Gasteiger partial charge < -0.3 is 4.57 Å². The van der Waals surface area contributed by atoms with Crippen LogP contribution in [0.15, 0.2) is 24.3 Å². The summed E-state index contributed by atoms with van der Waals surface area (Å²) in [5, 5.41) is 0. The lowest BCUT2D eigenvalue weighted by atomic mass is 9.91. The zero-order valence-electron chi connectivity index (χ0n) is 8.86. The van der Waals surface area contributed by atoms with Crippen molar-refractivity contribution in [1.29, 1.82) is 0 Å². The molecule has 0 fully saturated rings. The van der Waals surface area contributed by atoms with E-state index < -0.39 is 7.14 Å². The zero-order valence-corrected chi connectivity index (χ0v) is 9.76. The third-order valence-corrected chi connectivity index (χ3v) is 5.13. The van der Waals surface area contributed by atoms with E-state index in [-0.39, 0.29) is 0 Å². The van der Waals surface area contributed by atoms with Crippen LogP contribution in [0.3, 0.4) is 0 Å². The van der Waals surface area contributed by atoms with Gasteiger partial charge in [-0.05, 0) is 43.7 Å². The van der Waals surface area contributed by atoms with Crippen molar-refractivity contribution in [3.05, 3.63) is 35.4 Å². The molecule has 1 atom stereocenters. The quantitative estimate of drug-likeness (QED) is 0.643. The Labute approximate surface area is 85.9 Å². The molecule has 1 aliphatic rings. The second-order valence-electron chi connectivity index (χ2n) is 4.54. The van der Waals surface area contributed by atoms with Crippen molar-refractivity contribution in [2.75, 3.05) is 13.3 Å². The summed E-state index contributed by atoms with van der Waals surface area (Å²) in [5.41, 5.74) is 3.06. The highest BCUT2D eigenvalue weighted by molar-refractivity contribution is 7.62. The number of fused-ring (bicyclic) bond motifs is 1. The Hall–Kier alpha value is -0.550. The highest BCUT2D eigenvalue weighted by Gasteiger charge is 2.28. The molecule has 1 aromatic rings. The molecule has 1 aromatic carbocycles. The normalized spacial score (nSPS) is 21.7. The van der Waals surface area contributed by atoms with Gasteiger partial charge in [-0.3, -0.25) is 0 Å². The van der Waals surface area contributed by atoms with Crippen molar-refractivity contribution in [3.8, 4) is 0 Å². The van der Waals surface area contributed by atoms with Crippen LogP contribution in [0, 0.1) is 0 Å². The Morgan fingerprint density at radius 1 is 1.29 bits per heavy atom. The first kappa shape index (κ1) is 9.98. The Balaban J connectivity index is 2.46. The maximum Gasteiger partial charge on any atom is 0.0890 e. The first-order valence-electron chi connectivity index (χ1n) is 5.21. The van der Waals surface area contributed by atoms with E-state index in [0.29, 0.717) is 5.66 Å². The lowest BCUT2D eigenvalue weighted by Gasteiger charge is -2.28. The molecule has 14 heavy (non-hydrogen) atoms. The molecule has 1 aliphatic carbocycles. The van der Waals surface area contributed by atoms with Gasteiger partial charge in [0.05, 0.1) is 7.14 Å². The molecule has 0 aromatic heterocycles. The minimum Gasteiger partial charge on any atom is -0.323 e. The Morgan fingerprint density at radius 2 is 2.00 bits per heavy atom. The van der Waals surface area contributed by atoms with Crippen LogP contribution in [0.1, 0.15) is 29.6 Å². The molecule has 76 valence electrons. The fourth-order valence-electron chi connectivity index (χ4n) is 2.37. The molecule has 0 saturated heterocycles. The fraction of sp³-hybridized carbons (Fsp3) is 0.500. The van der Waals surface area contributed by atoms with E-state index in [1.807, 2.05) is 13.3 Å². The van der Waals surface area contributed by atoms with Crippen molar-refractivity contribution in [1.82, 2.24) is 0 Å². The summed E-state index contributed by atoms with van der Waals surface area (Å²) in [6, 6.07) is 8.47. The lowest BCUT2D eigenvalue weighted by Crippen LogP contribution is -2.09. The average Bonchev–Trinajstić information content (AvgIpc) is 2.15. The van der Waals surface area contributed by atoms with E-state index in [1.165, 1.54) is 17.5 Å². The number of rotatable bonds is 1. The van der Waals surface area contributed by atoms with Gasteiger partial charge in [0.25, 0.3) is 0 Å². The summed E-state index contributed by atoms with van der Waals surface area (Å²) < 4.78 is 12.1. The van der Waals surface area contributed by atoms with Gasteiger partial charge in [-0.2, -0.15) is 0 Å². The van der Waals surface area contributed by atoms with Crippen molar-refractivity contribution >= 4 is 7.14 Å². The summed E-state index contributed by atoms with van der Waals surface area (Å²) in [6.07, 6.45) is 3.45. The van der Waals surface area contributed by atoms with Crippen LogP contribution in [0.5, 0.6) is 0 Å². The molecule has 2 rings (SSSR count). The molecule has 0 heterocycles. The van der Waals surface area contributed by atoms with E-state index in [2.05, 4.69) is 24.3 Å². The molecule has 0 saturated carbocycles. The van der Waals surface area contributed by atoms with Gasteiger partial charge in [0.15, 0.2) is 0 Å². The minimum absolute atomic E-state index is 0.312. The number of aryl methyl sites for hydroxylation is 1. The second-order valence-corrected chi connectivity index (χ2v) is 8.03. The van der Waals surface area contributed by atoms with E-state index >= 15 is 0 Å². The van der Waals surface area contributed by atoms with Crippen LogP contribution >= 0.6 is 7.14 Å². The van der Waals surface area contributed by atoms with Crippen molar-refractivity contribution in [2.24, 2.45) is 0 Å². The number of hydrogen-bond acceptors (Lipinski definition) is 1. The van der Waals surface area contributed by atoms with E-state index in [4.69, 9.17) is 0 Å². The predicted molar refractivity (Wildman–Crippen MR) is 61.6 cm³/mol. The van der Waals surface area contributed by atoms with Gasteiger partial charge >= 0.3 is 0 Å². The van der Waals surface area contributed by atoms with Crippen LogP contribution in [0.2, 0.25) is 0 Å². The summed E-state index contributed by atoms with van der Waals surface area (Å²) >= 11 is 0. The summed E-state index contributed by atoms with van der Waals surface area (Å²) in [7, 11) is -1.97. The fourth-order valence-corrected chi connectivity index (χ4v) is 4.10. The van der Waals surface area contributed by atoms with Gasteiger partial charge in [-0.25, -0.2) is 0 Å². The van der Waals surface area contributed by atoms with Crippen molar-refractivity contribution in [3.63, 3.8) is 0 Å². The Kier molecular flexibility index (Phi) is 2.53. The number of benzene rings is 1. The van der Waals surface area contributed by atoms with E-state index in [1.54, 1.807) is 0 Å². The first-order chi connectivity index (χ1) is 6.59. The molecular formula is C12H17OP. The Bertz CT molecular complexity index is 378. The maximum atomic E-state index is 12.1. The van der Waals surface area contributed by atoms with Crippen LogP contribution < -0.4 is 0 Å². The van der Waals surface area contributed by atoms with Crippen LogP contribution in [-0.4, -0.2) is 13.3 Å². The minimum atomic E-state index is -1.97. The molecule has 0 spiro atoms. The first-order valence-corrected chi connectivity index (χ1v) is 7.88. The molecule has 0 aliphatic heterocycles. The maximum absolute atomic E-state index is 12.1. The van der Waals surface area contributed by atoms with E-state index in [0.717, 1.165) is 12.8 Å². The van der Waals surface area contributed by atoms with Crippen LogP contribution in [0.25, 0.3) is 0 Å². The molecule has 0 amide bonds. The third-order valence-electron chi connectivity index (χ3n) is 3.09. The van der Waals surface area contributed by atoms with Gasteiger partial charge in [0, 0.05) is 5.66 Å². The summed E-state index contributed by atoms with van der Waals surface area (Å²) in [6.45, 7) is 3.83. The van der Waals surface area contributed by atoms with Gasteiger partial charge in [0.1, 0.15) is 0 Å². The molecule has 2 heteroatoms.